The van der Waals surface area contributed by atoms with E-state index in [1.165, 1.54) is 5.56 Å². The van der Waals surface area contributed by atoms with Crippen LogP contribution in [0, 0.1) is 0 Å². The Labute approximate surface area is 111 Å². The highest BCUT2D eigenvalue weighted by atomic mass is 35.5. The zero-order chi connectivity index (χ0) is 12.8. The van der Waals surface area contributed by atoms with E-state index in [2.05, 4.69) is 22.1 Å². The van der Waals surface area contributed by atoms with Gasteiger partial charge >= 0.3 is 0 Å². The fourth-order valence-corrected chi connectivity index (χ4v) is 1.77. The summed E-state index contributed by atoms with van der Waals surface area (Å²) in [6.45, 7) is 0.571. The number of nitrogens with zero attached hydrogens (tertiary/aromatic N) is 2. The van der Waals surface area contributed by atoms with Crippen molar-refractivity contribution in [3.8, 4) is 5.88 Å². The molecule has 0 saturated heterocycles. The monoisotopic (exact) mass is 263 g/mol. The Kier molecular flexibility index (Phi) is 4.36. The smallest absolute Gasteiger partial charge is 0.224 e. The predicted molar refractivity (Wildman–Crippen MR) is 71.7 cm³/mol. The van der Waals surface area contributed by atoms with Crippen LogP contribution in [0.3, 0.4) is 0 Å². The van der Waals surface area contributed by atoms with Gasteiger partial charge in [-0.3, -0.25) is 0 Å². The summed E-state index contributed by atoms with van der Waals surface area (Å²) >= 11 is 5.75. The van der Waals surface area contributed by atoms with Crippen molar-refractivity contribution in [3.63, 3.8) is 0 Å². The maximum atomic E-state index is 5.75. The van der Waals surface area contributed by atoms with Gasteiger partial charge in [0.05, 0.1) is 6.61 Å². The van der Waals surface area contributed by atoms with Gasteiger partial charge < -0.3 is 10.5 Å². The van der Waals surface area contributed by atoms with E-state index in [0.717, 1.165) is 12.8 Å². The van der Waals surface area contributed by atoms with Crippen LogP contribution in [0.5, 0.6) is 5.88 Å². The molecule has 5 heteroatoms. The first-order valence-electron chi connectivity index (χ1n) is 5.71. The molecule has 0 amide bonds. The molecule has 0 unspecified atom stereocenters. The molecule has 0 aliphatic carbocycles. The quantitative estimate of drug-likeness (QED) is 0.666. The highest BCUT2D eigenvalue weighted by molar-refractivity contribution is 6.29. The maximum absolute atomic E-state index is 5.75. The second kappa shape index (κ2) is 6.21. The molecular formula is C13H14ClN3O. The minimum atomic E-state index is 0.126. The lowest BCUT2D eigenvalue weighted by Crippen LogP contribution is -2.03. The summed E-state index contributed by atoms with van der Waals surface area (Å²) in [6.07, 6.45) is 1.88. The Morgan fingerprint density at radius 2 is 1.94 bits per heavy atom. The van der Waals surface area contributed by atoms with E-state index in [0.29, 0.717) is 17.6 Å². The number of nitrogen functional groups attached to an aromatic ring is 1. The highest BCUT2D eigenvalue weighted by Gasteiger charge is 2.01. The number of hydrogen-bond acceptors (Lipinski definition) is 4. The number of hydrogen-bond donors (Lipinski definition) is 1. The molecule has 94 valence electrons. The third-order valence-corrected chi connectivity index (χ3v) is 2.58. The summed E-state index contributed by atoms with van der Waals surface area (Å²) in [6, 6.07) is 11.8. The molecule has 0 spiro atoms. The molecule has 0 aliphatic heterocycles. The van der Waals surface area contributed by atoms with Crippen LogP contribution in [0.25, 0.3) is 0 Å². The molecule has 0 radical (unpaired) electrons. The number of benzene rings is 1. The second-order valence-electron chi connectivity index (χ2n) is 3.82. The normalized spacial score (nSPS) is 10.3. The molecule has 0 fully saturated rings. The van der Waals surface area contributed by atoms with Gasteiger partial charge in [-0.15, -0.1) is 0 Å². The highest BCUT2D eigenvalue weighted by Crippen LogP contribution is 2.14. The van der Waals surface area contributed by atoms with Crippen molar-refractivity contribution in [1.29, 1.82) is 0 Å². The van der Waals surface area contributed by atoms with Crippen LogP contribution in [0.1, 0.15) is 12.0 Å². The van der Waals surface area contributed by atoms with Gasteiger partial charge in [0.2, 0.25) is 11.8 Å². The molecule has 2 N–H and O–H groups in total. The fourth-order valence-electron chi connectivity index (χ4n) is 1.59. The van der Waals surface area contributed by atoms with Crippen LogP contribution in [0.4, 0.5) is 5.95 Å². The number of rotatable bonds is 5. The summed E-state index contributed by atoms with van der Waals surface area (Å²) in [5.41, 5.74) is 6.76. The molecule has 0 saturated carbocycles. The van der Waals surface area contributed by atoms with Crippen LogP contribution in [0.15, 0.2) is 36.4 Å². The Morgan fingerprint density at radius 3 is 2.67 bits per heavy atom. The maximum Gasteiger partial charge on any atom is 0.224 e. The van der Waals surface area contributed by atoms with E-state index in [1.54, 1.807) is 6.07 Å². The summed E-state index contributed by atoms with van der Waals surface area (Å²) in [5, 5.41) is 0.292. The van der Waals surface area contributed by atoms with Crippen molar-refractivity contribution in [1.82, 2.24) is 9.97 Å². The standard InChI is InChI=1S/C13H14ClN3O/c14-11-9-12(17-13(15)16-11)18-8-4-7-10-5-2-1-3-6-10/h1-3,5-6,9H,4,7-8H2,(H2,15,16,17). The lowest BCUT2D eigenvalue weighted by molar-refractivity contribution is 0.299. The van der Waals surface area contributed by atoms with Gasteiger partial charge in [-0.25, -0.2) is 4.98 Å². The molecule has 1 aromatic heterocycles. The third kappa shape index (κ3) is 3.89. The minimum absolute atomic E-state index is 0.126. The van der Waals surface area contributed by atoms with Crippen LogP contribution in [0.2, 0.25) is 5.15 Å². The van der Waals surface area contributed by atoms with Crippen molar-refractivity contribution < 1.29 is 4.74 Å². The number of ether oxygens (including phenoxy) is 1. The number of aryl methyl sites for hydroxylation is 1. The first-order chi connectivity index (χ1) is 8.74. The zero-order valence-corrected chi connectivity index (χ0v) is 10.6. The number of halogens is 1. The second-order valence-corrected chi connectivity index (χ2v) is 4.21. The van der Waals surface area contributed by atoms with Crippen molar-refractivity contribution in [2.24, 2.45) is 0 Å². The molecule has 0 bridgehead atoms. The lowest BCUT2D eigenvalue weighted by atomic mass is 10.1. The Hall–Kier alpha value is -1.81. The van der Waals surface area contributed by atoms with E-state index >= 15 is 0 Å². The predicted octanol–water partition coefficient (Wildman–Crippen LogP) is 2.72. The summed E-state index contributed by atoms with van der Waals surface area (Å²) in [7, 11) is 0. The van der Waals surface area contributed by atoms with Gasteiger partial charge in [-0.05, 0) is 18.4 Å². The molecule has 18 heavy (non-hydrogen) atoms. The van der Waals surface area contributed by atoms with E-state index in [-0.39, 0.29) is 5.95 Å². The van der Waals surface area contributed by atoms with Crippen molar-refractivity contribution in [3.05, 3.63) is 47.1 Å². The topological polar surface area (TPSA) is 61.0 Å². The first-order valence-corrected chi connectivity index (χ1v) is 6.08. The van der Waals surface area contributed by atoms with Gasteiger partial charge in [-0.2, -0.15) is 4.98 Å². The van der Waals surface area contributed by atoms with Gasteiger partial charge in [0.1, 0.15) is 5.15 Å². The van der Waals surface area contributed by atoms with E-state index < -0.39 is 0 Å². The number of anilines is 1. The van der Waals surface area contributed by atoms with Crippen LogP contribution in [-0.4, -0.2) is 16.6 Å². The van der Waals surface area contributed by atoms with Crippen LogP contribution >= 0.6 is 11.6 Å². The van der Waals surface area contributed by atoms with Crippen molar-refractivity contribution >= 4 is 17.5 Å². The van der Waals surface area contributed by atoms with Gasteiger partial charge in [0, 0.05) is 6.07 Å². The third-order valence-electron chi connectivity index (χ3n) is 2.39. The molecule has 2 aromatic rings. The molecule has 4 nitrogen and oxygen atoms in total. The Morgan fingerprint density at radius 1 is 1.17 bits per heavy atom. The fraction of sp³-hybridized carbons (Fsp3) is 0.231. The Balaban J connectivity index is 1.78. The molecule has 1 aromatic carbocycles. The average Bonchev–Trinajstić information content (AvgIpc) is 2.35. The van der Waals surface area contributed by atoms with Crippen molar-refractivity contribution in [2.75, 3.05) is 12.3 Å². The van der Waals surface area contributed by atoms with Gasteiger partial charge in [0.25, 0.3) is 0 Å². The van der Waals surface area contributed by atoms with Crippen LogP contribution < -0.4 is 10.5 Å². The zero-order valence-electron chi connectivity index (χ0n) is 9.84. The SMILES string of the molecule is Nc1nc(Cl)cc(OCCCc2ccccc2)n1. The molecule has 2 rings (SSSR count). The number of nitrogens with two attached hydrogens (primary N) is 1. The van der Waals surface area contributed by atoms with E-state index in [9.17, 15) is 0 Å². The van der Waals surface area contributed by atoms with E-state index in [1.807, 2.05) is 18.2 Å². The average molecular weight is 264 g/mol. The molecule has 0 aliphatic rings. The van der Waals surface area contributed by atoms with Gasteiger partial charge in [-0.1, -0.05) is 41.9 Å². The molecular weight excluding hydrogens is 250 g/mol. The summed E-state index contributed by atoms with van der Waals surface area (Å²) < 4.78 is 5.47. The summed E-state index contributed by atoms with van der Waals surface area (Å²) in [4.78, 5) is 7.70. The van der Waals surface area contributed by atoms with Crippen molar-refractivity contribution in [2.45, 2.75) is 12.8 Å². The van der Waals surface area contributed by atoms with Gasteiger partial charge in [0.15, 0.2) is 0 Å². The minimum Gasteiger partial charge on any atom is -0.477 e. The van der Waals surface area contributed by atoms with Crippen LogP contribution in [-0.2, 0) is 6.42 Å². The summed E-state index contributed by atoms with van der Waals surface area (Å²) in [5.74, 6) is 0.543. The largest absolute Gasteiger partial charge is 0.477 e. The molecule has 0 atom stereocenters. The lowest BCUT2D eigenvalue weighted by Gasteiger charge is -2.06. The Bertz CT molecular complexity index is 485. The molecule has 1 heterocycles. The van der Waals surface area contributed by atoms with E-state index in [4.69, 9.17) is 22.1 Å². The first kappa shape index (κ1) is 12.6. The number of aromatic nitrogens is 2.